The third-order valence-corrected chi connectivity index (χ3v) is 5.21. The summed E-state index contributed by atoms with van der Waals surface area (Å²) in [5.41, 5.74) is 1.76. The van der Waals surface area contributed by atoms with Crippen molar-refractivity contribution in [2.75, 3.05) is 59.9 Å². The van der Waals surface area contributed by atoms with Crippen molar-refractivity contribution in [3.8, 4) is 0 Å². The highest BCUT2D eigenvalue weighted by Gasteiger charge is 2.26. The molecule has 9 nitrogen and oxygen atoms in total. The van der Waals surface area contributed by atoms with E-state index < -0.39 is 0 Å². The third-order valence-electron chi connectivity index (χ3n) is 5.21. The largest absolute Gasteiger partial charge is 0.394 e. The van der Waals surface area contributed by atoms with Crippen LogP contribution in [0, 0.1) is 0 Å². The average Bonchev–Trinajstić information content (AvgIpc) is 3.24. The van der Waals surface area contributed by atoms with E-state index in [1.165, 1.54) is 0 Å². The Labute approximate surface area is 169 Å². The zero-order valence-electron chi connectivity index (χ0n) is 16.3. The number of carbonyl (C=O) groups is 1. The van der Waals surface area contributed by atoms with Crippen LogP contribution in [0.1, 0.15) is 12.8 Å². The zero-order valence-corrected chi connectivity index (χ0v) is 16.3. The van der Waals surface area contributed by atoms with Gasteiger partial charge in [-0.05, 0) is 37.1 Å². The number of anilines is 4. The van der Waals surface area contributed by atoms with Gasteiger partial charge in [-0.2, -0.15) is 4.98 Å². The number of urea groups is 1. The Hall–Kier alpha value is -2.91. The Kier molecular flexibility index (Phi) is 6.06. The molecule has 0 spiro atoms. The summed E-state index contributed by atoms with van der Waals surface area (Å²) >= 11 is 0. The Balaban J connectivity index is 1.39. The zero-order chi connectivity index (χ0) is 20.1. The van der Waals surface area contributed by atoms with E-state index >= 15 is 0 Å². The van der Waals surface area contributed by atoms with Crippen molar-refractivity contribution in [1.29, 1.82) is 0 Å². The number of aliphatic hydroxyl groups is 1. The molecule has 2 saturated heterocycles. The van der Waals surface area contributed by atoms with E-state index in [-0.39, 0.29) is 18.7 Å². The van der Waals surface area contributed by atoms with Crippen LogP contribution in [0.15, 0.2) is 36.5 Å². The molecule has 2 amide bonds. The minimum absolute atomic E-state index is 0.0296. The summed E-state index contributed by atoms with van der Waals surface area (Å²) in [5, 5.41) is 15.1. The molecular weight excluding hydrogens is 372 g/mol. The first-order valence-corrected chi connectivity index (χ1v) is 9.94. The predicted molar refractivity (Wildman–Crippen MR) is 112 cm³/mol. The molecule has 2 fully saturated rings. The molecule has 0 unspecified atom stereocenters. The molecule has 0 saturated carbocycles. The van der Waals surface area contributed by atoms with E-state index in [0.29, 0.717) is 30.7 Å². The summed E-state index contributed by atoms with van der Waals surface area (Å²) < 4.78 is 5.39. The highest BCUT2D eigenvalue weighted by atomic mass is 16.5. The number of hydrogen-bond acceptors (Lipinski definition) is 7. The molecule has 0 bridgehead atoms. The molecule has 2 aliphatic rings. The van der Waals surface area contributed by atoms with Crippen LogP contribution in [-0.4, -0.2) is 66.6 Å². The number of nitrogens with one attached hydrogen (secondary N) is 2. The second-order valence-corrected chi connectivity index (χ2v) is 7.14. The number of aromatic nitrogens is 2. The van der Waals surface area contributed by atoms with Crippen molar-refractivity contribution in [3.05, 3.63) is 36.5 Å². The van der Waals surface area contributed by atoms with Crippen LogP contribution in [0.2, 0.25) is 0 Å². The number of nitrogens with zero attached hydrogens (tertiary/aromatic N) is 4. The number of benzene rings is 1. The van der Waals surface area contributed by atoms with Crippen molar-refractivity contribution >= 4 is 29.2 Å². The second kappa shape index (κ2) is 9.06. The van der Waals surface area contributed by atoms with Crippen molar-refractivity contribution in [2.24, 2.45) is 0 Å². The Bertz CT molecular complexity index is 842. The van der Waals surface area contributed by atoms with Gasteiger partial charge in [0.2, 0.25) is 5.95 Å². The number of aliphatic hydroxyl groups excluding tert-OH is 1. The SMILES string of the molecule is O=C(Nc1cccc(N2CCOCC2)c1)Nc1ccnc(N2CCC[C@H]2CO)n1. The van der Waals surface area contributed by atoms with Gasteiger partial charge in [0.25, 0.3) is 0 Å². The van der Waals surface area contributed by atoms with Gasteiger partial charge in [0.05, 0.1) is 25.9 Å². The lowest BCUT2D eigenvalue weighted by Crippen LogP contribution is -2.36. The smallest absolute Gasteiger partial charge is 0.324 e. The number of rotatable bonds is 5. The summed E-state index contributed by atoms with van der Waals surface area (Å²) in [7, 11) is 0. The molecule has 9 heteroatoms. The number of ether oxygens (including phenoxy) is 1. The first kappa shape index (κ1) is 19.4. The van der Waals surface area contributed by atoms with E-state index in [4.69, 9.17) is 4.74 Å². The van der Waals surface area contributed by atoms with E-state index in [2.05, 4.69) is 25.5 Å². The van der Waals surface area contributed by atoms with Gasteiger partial charge in [-0.1, -0.05) is 6.07 Å². The van der Waals surface area contributed by atoms with Gasteiger partial charge in [0, 0.05) is 37.2 Å². The average molecular weight is 398 g/mol. The van der Waals surface area contributed by atoms with Gasteiger partial charge in [-0.25, -0.2) is 9.78 Å². The molecule has 1 aromatic carbocycles. The highest BCUT2D eigenvalue weighted by Crippen LogP contribution is 2.23. The Morgan fingerprint density at radius 2 is 2.07 bits per heavy atom. The summed E-state index contributed by atoms with van der Waals surface area (Å²) in [6.45, 7) is 3.97. The highest BCUT2D eigenvalue weighted by molar-refractivity contribution is 5.99. The molecule has 1 aromatic heterocycles. The maximum atomic E-state index is 12.5. The van der Waals surface area contributed by atoms with Crippen LogP contribution in [0.4, 0.5) is 27.9 Å². The lowest BCUT2D eigenvalue weighted by molar-refractivity contribution is 0.122. The fourth-order valence-electron chi connectivity index (χ4n) is 3.73. The van der Waals surface area contributed by atoms with E-state index in [1.54, 1.807) is 12.3 Å². The normalized spacial score (nSPS) is 19.3. The molecule has 3 N–H and O–H groups in total. The van der Waals surface area contributed by atoms with Crippen LogP contribution in [0.25, 0.3) is 0 Å². The van der Waals surface area contributed by atoms with Gasteiger partial charge in [-0.15, -0.1) is 0 Å². The molecule has 1 atom stereocenters. The van der Waals surface area contributed by atoms with Crippen molar-refractivity contribution < 1.29 is 14.6 Å². The fraction of sp³-hybridized carbons (Fsp3) is 0.450. The lowest BCUT2D eigenvalue weighted by atomic mass is 10.2. The standard InChI is InChI=1S/C20H26N6O3/c27-14-17-5-2-8-26(17)19-21-7-6-18(23-19)24-20(28)22-15-3-1-4-16(13-15)25-9-11-29-12-10-25/h1,3-4,6-7,13,17,27H,2,5,8-12,14H2,(H2,21,22,23,24,28)/t17-/m0/s1. The van der Waals surface area contributed by atoms with Crippen LogP contribution in [0.3, 0.4) is 0 Å². The topological polar surface area (TPSA) is 103 Å². The van der Waals surface area contributed by atoms with Gasteiger partial charge >= 0.3 is 6.03 Å². The van der Waals surface area contributed by atoms with Crippen LogP contribution in [-0.2, 0) is 4.74 Å². The van der Waals surface area contributed by atoms with Gasteiger partial charge in [0.1, 0.15) is 5.82 Å². The van der Waals surface area contributed by atoms with Crippen LogP contribution >= 0.6 is 0 Å². The van der Waals surface area contributed by atoms with Gasteiger partial charge in [0.15, 0.2) is 0 Å². The molecule has 2 aromatic rings. The number of hydrogen-bond donors (Lipinski definition) is 3. The molecule has 0 aliphatic carbocycles. The predicted octanol–water partition coefficient (Wildman–Crippen LogP) is 1.92. The molecule has 4 rings (SSSR count). The minimum atomic E-state index is -0.367. The number of amides is 2. The summed E-state index contributed by atoms with van der Waals surface area (Å²) in [6.07, 6.45) is 3.52. The first-order valence-electron chi connectivity index (χ1n) is 9.94. The summed E-state index contributed by atoms with van der Waals surface area (Å²) in [4.78, 5) is 25.4. The quantitative estimate of drug-likeness (QED) is 0.707. The summed E-state index contributed by atoms with van der Waals surface area (Å²) in [5.74, 6) is 0.939. The van der Waals surface area contributed by atoms with Crippen molar-refractivity contribution in [2.45, 2.75) is 18.9 Å². The van der Waals surface area contributed by atoms with Gasteiger partial charge < -0.3 is 25.0 Å². The monoisotopic (exact) mass is 398 g/mol. The molecule has 0 radical (unpaired) electrons. The minimum Gasteiger partial charge on any atom is -0.394 e. The molecule has 3 heterocycles. The maximum absolute atomic E-state index is 12.5. The van der Waals surface area contributed by atoms with Crippen molar-refractivity contribution in [3.63, 3.8) is 0 Å². The van der Waals surface area contributed by atoms with E-state index in [9.17, 15) is 9.90 Å². The molecule has 154 valence electrons. The fourth-order valence-corrected chi connectivity index (χ4v) is 3.73. The maximum Gasteiger partial charge on any atom is 0.324 e. The number of carbonyl (C=O) groups excluding carboxylic acids is 1. The molecule has 29 heavy (non-hydrogen) atoms. The summed E-state index contributed by atoms with van der Waals surface area (Å²) in [6, 6.07) is 9.06. The molecular formula is C20H26N6O3. The van der Waals surface area contributed by atoms with Crippen LogP contribution < -0.4 is 20.4 Å². The third kappa shape index (κ3) is 4.75. The molecule has 2 aliphatic heterocycles. The van der Waals surface area contributed by atoms with E-state index in [0.717, 1.165) is 38.2 Å². The first-order chi connectivity index (χ1) is 14.2. The van der Waals surface area contributed by atoms with Crippen LogP contribution in [0.5, 0.6) is 0 Å². The number of morpholine rings is 1. The lowest BCUT2D eigenvalue weighted by Gasteiger charge is -2.29. The second-order valence-electron chi connectivity index (χ2n) is 7.14. The Morgan fingerprint density at radius 3 is 2.90 bits per heavy atom. The Morgan fingerprint density at radius 1 is 1.21 bits per heavy atom. The van der Waals surface area contributed by atoms with Gasteiger partial charge in [-0.3, -0.25) is 5.32 Å². The van der Waals surface area contributed by atoms with E-state index in [1.807, 2.05) is 29.2 Å². The van der Waals surface area contributed by atoms with Crippen molar-refractivity contribution in [1.82, 2.24) is 9.97 Å².